The number of H-pyrrole nitrogens is 1. The van der Waals surface area contributed by atoms with Crippen LogP contribution in [-0.2, 0) is 0 Å². The number of benzene rings is 3. The summed E-state index contributed by atoms with van der Waals surface area (Å²) in [6, 6.07) is 21.1. The molecule has 0 radical (unpaired) electrons. The number of nitrogens with zero attached hydrogens (tertiary/aromatic N) is 2. The molecule has 5 nitrogen and oxygen atoms in total. The summed E-state index contributed by atoms with van der Waals surface area (Å²) in [6.45, 7) is 0. The summed E-state index contributed by atoms with van der Waals surface area (Å²) >= 11 is 12.8. The quantitative estimate of drug-likeness (QED) is 0.303. The van der Waals surface area contributed by atoms with Crippen LogP contribution in [0.1, 0.15) is 0 Å². The number of imidazole rings is 1. The maximum absolute atomic E-state index is 10.9. The van der Waals surface area contributed by atoms with Gasteiger partial charge in [-0.2, -0.15) is 0 Å². The van der Waals surface area contributed by atoms with Crippen LogP contribution >= 0.6 is 23.2 Å². The third-order valence-electron chi connectivity index (χ3n) is 4.33. The van der Waals surface area contributed by atoms with E-state index in [1.165, 1.54) is 12.1 Å². The number of aromatic nitrogens is 2. The largest absolute Gasteiger partial charge is 0.337 e. The first kappa shape index (κ1) is 18.2. The number of rotatable bonds is 4. The van der Waals surface area contributed by atoms with E-state index < -0.39 is 4.92 Å². The van der Waals surface area contributed by atoms with Gasteiger partial charge in [-0.3, -0.25) is 10.1 Å². The van der Waals surface area contributed by atoms with E-state index in [1.807, 2.05) is 36.4 Å². The number of nitro groups is 1. The van der Waals surface area contributed by atoms with Crippen molar-refractivity contribution in [3.05, 3.63) is 93.0 Å². The van der Waals surface area contributed by atoms with Crippen LogP contribution in [0.15, 0.2) is 72.8 Å². The van der Waals surface area contributed by atoms with Gasteiger partial charge >= 0.3 is 0 Å². The molecule has 4 aromatic rings. The fourth-order valence-electron chi connectivity index (χ4n) is 2.96. The van der Waals surface area contributed by atoms with Crippen molar-refractivity contribution < 1.29 is 4.92 Å². The lowest BCUT2D eigenvalue weighted by molar-refractivity contribution is -0.384. The molecule has 0 saturated carbocycles. The van der Waals surface area contributed by atoms with E-state index in [1.54, 1.807) is 24.3 Å². The van der Waals surface area contributed by atoms with Gasteiger partial charge in [-0.05, 0) is 24.3 Å². The minimum absolute atomic E-state index is 0.0213. The minimum atomic E-state index is -0.434. The van der Waals surface area contributed by atoms with Crippen molar-refractivity contribution in [3.63, 3.8) is 0 Å². The van der Waals surface area contributed by atoms with E-state index in [4.69, 9.17) is 28.2 Å². The van der Waals surface area contributed by atoms with Crippen LogP contribution in [0.4, 0.5) is 5.69 Å². The third kappa shape index (κ3) is 3.38. The Morgan fingerprint density at radius 3 is 1.96 bits per heavy atom. The van der Waals surface area contributed by atoms with E-state index in [0.717, 1.165) is 22.4 Å². The highest BCUT2D eigenvalue weighted by Gasteiger charge is 2.19. The molecule has 0 fully saturated rings. The Hall–Kier alpha value is -3.15. The van der Waals surface area contributed by atoms with Crippen molar-refractivity contribution in [1.29, 1.82) is 0 Å². The number of hydrogen-bond acceptors (Lipinski definition) is 3. The summed E-state index contributed by atoms with van der Waals surface area (Å²) < 4.78 is 0. The number of non-ortho nitro benzene ring substituents is 1. The maximum Gasteiger partial charge on any atom is 0.269 e. The predicted molar refractivity (Wildman–Crippen MR) is 112 cm³/mol. The van der Waals surface area contributed by atoms with Gasteiger partial charge in [0, 0.05) is 33.8 Å². The summed E-state index contributed by atoms with van der Waals surface area (Å²) in [5.74, 6) is 0.569. The zero-order valence-corrected chi connectivity index (χ0v) is 15.9. The zero-order chi connectivity index (χ0) is 19.7. The number of nitrogens with one attached hydrogen (secondary N) is 1. The Bertz CT molecular complexity index is 1110. The minimum Gasteiger partial charge on any atom is -0.337 e. The van der Waals surface area contributed by atoms with E-state index >= 15 is 0 Å². The van der Waals surface area contributed by atoms with Crippen molar-refractivity contribution in [2.75, 3.05) is 0 Å². The van der Waals surface area contributed by atoms with E-state index in [9.17, 15) is 10.1 Å². The number of aromatic amines is 1. The monoisotopic (exact) mass is 409 g/mol. The molecule has 3 aromatic carbocycles. The molecule has 0 amide bonds. The van der Waals surface area contributed by atoms with Gasteiger partial charge in [0.15, 0.2) is 0 Å². The van der Waals surface area contributed by atoms with Gasteiger partial charge in [-0.15, -0.1) is 0 Å². The summed E-state index contributed by atoms with van der Waals surface area (Å²) in [5.41, 5.74) is 3.69. The fourth-order valence-corrected chi connectivity index (χ4v) is 3.41. The Kier molecular flexibility index (Phi) is 4.86. The molecular weight excluding hydrogens is 397 g/mol. The van der Waals surface area contributed by atoms with Gasteiger partial charge in [-0.1, -0.05) is 59.6 Å². The van der Waals surface area contributed by atoms with Gasteiger partial charge in [-0.25, -0.2) is 4.98 Å². The highest BCUT2D eigenvalue weighted by Crippen LogP contribution is 2.38. The molecular formula is C21H13Cl2N3O2. The average Bonchev–Trinajstić information content (AvgIpc) is 3.13. The van der Waals surface area contributed by atoms with Crippen LogP contribution in [0.5, 0.6) is 0 Å². The van der Waals surface area contributed by atoms with E-state index in [0.29, 0.717) is 21.6 Å². The molecule has 28 heavy (non-hydrogen) atoms. The van der Waals surface area contributed by atoms with Gasteiger partial charge in [0.05, 0.1) is 21.3 Å². The van der Waals surface area contributed by atoms with Crippen LogP contribution < -0.4 is 0 Å². The highest BCUT2D eigenvalue weighted by atomic mass is 35.5. The Balaban J connectivity index is 1.91. The molecule has 0 aliphatic heterocycles. The van der Waals surface area contributed by atoms with E-state index in [-0.39, 0.29) is 5.69 Å². The molecule has 1 aromatic heterocycles. The standard InChI is InChI=1S/C21H13Cl2N3O2/c22-17-7-3-1-5-15(17)19-20(16-6-2-4-8-18(16)23)25-21(24-19)13-9-11-14(12-10-13)26(27)28/h1-12H,(H,24,25). The molecule has 1 N–H and O–H groups in total. The smallest absolute Gasteiger partial charge is 0.269 e. The second kappa shape index (κ2) is 7.46. The zero-order valence-electron chi connectivity index (χ0n) is 14.4. The van der Waals surface area contributed by atoms with Crippen LogP contribution in [0.3, 0.4) is 0 Å². The normalized spacial score (nSPS) is 10.8. The predicted octanol–water partition coefficient (Wildman–Crippen LogP) is 6.63. The van der Waals surface area contributed by atoms with Crippen molar-refractivity contribution in [3.8, 4) is 33.9 Å². The number of halogens is 2. The lowest BCUT2D eigenvalue weighted by Gasteiger charge is -2.06. The first-order valence-corrected chi connectivity index (χ1v) is 9.15. The molecule has 138 valence electrons. The summed E-state index contributed by atoms with van der Waals surface area (Å²) in [5, 5.41) is 12.1. The first-order valence-electron chi connectivity index (χ1n) is 8.39. The first-order chi connectivity index (χ1) is 13.5. The molecule has 0 saturated heterocycles. The Labute approximate surface area is 170 Å². The number of nitro benzene ring substituents is 1. The summed E-state index contributed by atoms with van der Waals surface area (Å²) in [6.07, 6.45) is 0. The van der Waals surface area contributed by atoms with Crippen molar-refractivity contribution in [1.82, 2.24) is 9.97 Å². The van der Waals surface area contributed by atoms with Crippen molar-refractivity contribution >= 4 is 28.9 Å². The Morgan fingerprint density at radius 2 is 1.39 bits per heavy atom. The molecule has 0 spiro atoms. The van der Waals surface area contributed by atoms with Crippen LogP contribution in [0.25, 0.3) is 33.9 Å². The number of hydrogen-bond donors (Lipinski definition) is 1. The molecule has 0 aliphatic carbocycles. The van der Waals surface area contributed by atoms with Crippen molar-refractivity contribution in [2.24, 2.45) is 0 Å². The van der Waals surface area contributed by atoms with Gasteiger partial charge < -0.3 is 4.98 Å². The second-order valence-electron chi connectivity index (χ2n) is 6.07. The van der Waals surface area contributed by atoms with Crippen LogP contribution in [-0.4, -0.2) is 14.9 Å². The van der Waals surface area contributed by atoms with Crippen LogP contribution in [0.2, 0.25) is 10.0 Å². The third-order valence-corrected chi connectivity index (χ3v) is 4.99. The molecule has 7 heteroatoms. The fraction of sp³-hybridized carbons (Fsp3) is 0. The molecule has 4 rings (SSSR count). The highest BCUT2D eigenvalue weighted by molar-refractivity contribution is 6.34. The van der Waals surface area contributed by atoms with Gasteiger partial charge in [0.2, 0.25) is 0 Å². The Morgan fingerprint density at radius 1 is 0.821 bits per heavy atom. The SMILES string of the molecule is O=[N+]([O-])c1ccc(-c2nc(-c3ccccc3Cl)c(-c3ccccc3Cl)[nH]2)cc1. The topological polar surface area (TPSA) is 71.8 Å². The van der Waals surface area contributed by atoms with Gasteiger partial charge in [0.1, 0.15) is 5.82 Å². The summed E-state index contributed by atoms with van der Waals surface area (Å²) in [4.78, 5) is 18.5. The molecule has 0 bridgehead atoms. The van der Waals surface area contributed by atoms with Crippen molar-refractivity contribution in [2.45, 2.75) is 0 Å². The molecule has 0 atom stereocenters. The molecule has 1 heterocycles. The van der Waals surface area contributed by atoms with E-state index in [2.05, 4.69) is 4.98 Å². The van der Waals surface area contributed by atoms with Gasteiger partial charge in [0.25, 0.3) is 5.69 Å². The lowest BCUT2D eigenvalue weighted by Crippen LogP contribution is -1.88. The second-order valence-corrected chi connectivity index (χ2v) is 6.89. The lowest BCUT2D eigenvalue weighted by atomic mass is 10.1. The summed E-state index contributed by atoms with van der Waals surface area (Å²) in [7, 11) is 0. The molecule has 0 unspecified atom stereocenters. The van der Waals surface area contributed by atoms with Crippen LogP contribution in [0, 0.1) is 10.1 Å². The maximum atomic E-state index is 10.9. The average molecular weight is 410 g/mol. The molecule has 0 aliphatic rings.